The predicted octanol–water partition coefficient (Wildman–Crippen LogP) is 2.48. The van der Waals surface area contributed by atoms with E-state index in [1.165, 1.54) is 24.4 Å². The second-order valence-corrected chi connectivity index (χ2v) is 4.90. The molecule has 0 aliphatic heterocycles. The Hall–Kier alpha value is -2.97. The van der Waals surface area contributed by atoms with Crippen LogP contribution in [0.15, 0.2) is 47.6 Å². The van der Waals surface area contributed by atoms with Crippen LogP contribution in [0.5, 0.6) is 11.5 Å². The van der Waals surface area contributed by atoms with Gasteiger partial charge < -0.3 is 9.84 Å². The number of aliphatic hydroxyl groups is 1. The van der Waals surface area contributed by atoms with Gasteiger partial charge in [0.15, 0.2) is 0 Å². The summed E-state index contributed by atoms with van der Waals surface area (Å²) in [5.74, 6) is 0.153. The number of aliphatic hydroxyl groups excluding tert-OH is 1. The van der Waals surface area contributed by atoms with Gasteiger partial charge in [0.1, 0.15) is 18.1 Å². The Morgan fingerprint density at radius 1 is 1.33 bits per heavy atom. The van der Waals surface area contributed by atoms with E-state index in [0.717, 1.165) is 0 Å². The van der Waals surface area contributed by atoms with Gasteiger partial charge in [-0.05, 0) is 35.9 Å². The molecule has 124 valence electrons. The van der Waals surface area contributed by atoms with Crippen LogP contribution in [0.4, 0.5) is 5.69 Å². The van der Waals surface area contributed by atoms with Crippen molar-refractivity contribution in [1.29, 1.82) is 0 Å². The molecule has 1 amide bonds. The molecule has 24 heavy (non-hydrogen) atoms. The van der Waals surface area contributed by atoms with Crippen LogP contribution < -0.4 is 10.2 Å². The van der Waals surface area contributed by atoms with Gasteiger partial charge in [-0.25, -0.2) is 5.43 Å². The lowest BCUT2D eigenvalue weighted by atomic mass is 10.2. The van der Waals surface area contributed by atoms with E-state index in [1.807, 2.05) is 0 Å². The van der Waals surface area contributed by atoms with Gasteiger partial charge in [0.2, 0.25) is 0 Å². The summed E-state index contributed by atoms with van der Waals surface area (Å²) in [6.45, 7) is -0.639. The van der Waals surface area contributed by atoms with Gasteiger partial charge >= 0.3 is 0 Å². The fraction of sp³-hybridized carbons (Fsp3) is 0.0667. The Kier molecular flexibility index (Phi) is 5.83. The number of ether oxygens (including phenoxy) is 1. The van der Waals surface area contributed by atoms with Crippen LogP contribution in [0.2, 0.25) is 5.02 Å². The van der Waals surface area contributed by atoms with E-state index in [0.29, 0.717) is 17.1 Å². The molecule has 0 aliphatic rings. The Morgan fingerprint density at radius 3 is 2.62 bits per heavy atom. The monoisotopic (exact) mass is 349 g/mol. The summed E-state index contributed by atoms with van der Waals surface area (Å²) in [7, 11) is 0. The third kappa shape index (κ3) is 4.77. The van der Waals surface area contributed by atoms with E-state index < -0.39 is 17.4 Å². The molecule has 9 heteroatoms. The number of carbonyl (C=O) groups is 1. The Morgan fingerprint density at radius 2 is 2.04 bits per heavy atom. The lowest BCUT2D eigenvalue weighted by Crippen LogP contribution is -2.20. The van der Waals surface area contributed by atoms with E-state index in [9.17, 15) is 14.9 Å². The maximum Gasteiger partial charge on any atom is 0.271 e. The highest BCUT2D eigenvalue weighted by molar-refractivity contribution is 6.32. The first-order valence-corrected chi connectivity index (χ1v) is 7.02. The minimum atomic E-state index is -0.639. The standard InChI is InChI=1S/C15H12ClN3O5/c16-13-7-11(19(22)23)3-6-14(13)24-12-4-1-10(2-5-12)8-17-18-15(21)9-20/h1-8,20H,9H2,(H,18,21). The molecule has 2 aromatic rings. The van der Waals surface area contributed by atoms with Gasteiger partial charge in [0, 0.05) is 12.1 Å². The van der Waals surface area contributed by atoms with Crippen LogP contribution in [-0.4, -0.2) is 28.8 Å². The molecule has 2 N–H and O–H groups in total. The zero-order valence-corrected chi connectivity index (χ0v) is 12.9. The first-order valence-electron chi connectivity index (χ1n) is 6.64. The van der Waals surface area contributed by atoms with Crippen molar-refractivity contribution in [2.24, 2.45) is 5.10 Å². The number of amides is 1. The van der Waals surface area contributed by atoms with Crippen molar-refractivity contribution in [3.8, 4) is 11.5 Å². The summed E-state index contributed by atoms with van der Waals surface area (Å²) in [6, 6.07) is 10.6. The summed E-state index contributed by atoms with van der Waals surface area (Å²) < 4.78 is 5.56. The minimum Gasteiger partial charge on any atom is -0.456 e. The van der Waals surface area contributed by atoms with Crippen molar-refractivity contribution in [3.05, 3.63) is 63.2 Å². The van der Waals surface area contributed by atoms with E-state index >= 15 is 0 Å². The molecule has 0 bridgehead atoms. The third-order valence-corrected chi connectivity index (χ3v) is 3.08. The molecule has 0 heterocycles. The summed E-state index contributed by atoms with van der Waals surface area (Å²) in [6.07, 6.45) is 1.40. The Bertz CT molecular complexity index is 777. The maximum absolute atomic E-state index is 10.8. The number of hydrogen-bond donors (Lipinski definition) is 2. The van der Waals surface area contributed by atoms with E-state index in [1.54, 1.807) is 24.3 Å². The summed E-state index contributed by atoms with van der Waals surface area (Å²) >= 11 is 5.96. The number of hydrazone groups is 1. The van der Waals surface area contributed by atoms with Gasteiger partial charge in [-0.2, -0.15) is 5.10 Å². The highest BCUT2D eigenvalue weighted by atomic mass is 35.5. The number of nitrogens with one attached hydrogen (secondary N) is 1. The quantitative estimate of drug-likeness (QED) is 0.472. The normalized spacial score (nSPS) is 10.6. The molecule has 0 spiro atoms. The highest BCUT2D eigenvalue weighted by Gasteiger charge is 2.10. The number of carbonyl (C=O) groups excluding carboxylic acids is 1. The molecule has 0 saturated heterocycles. The van der Waals surface area contributed by atoms with Crippen molar-refractivity contribution in [2.75, 3.05) is 6.61 Å². The molecule has 2 aromatic carbocycles. The number of hydrogen-bond acceptors (Lipinski definition) is 6. The van der Waals surface area contributed by atoms with Crippen LogP contribution in [0.3, 0.4) is 0 Å². The highest BCUT2D eigenvalue weighted by Crippen LogP contribution is 2.32. The number of nitrogens with zero attached hydrogens (tertiary/aromatic N) is 2. The Labute approximate surface area is 141 Å². The van der Waals surface area contributed by atoms with Gasteiger partial charge in [0.05, 0.1) is 16.2 Å². The molecule has 0 saturated carbocycles. The van der Waals surface area contributed by atoms with E-state index in [4.69, 9.17) is 21.4 Å². The fourth-order valence-electron chi connectivity index (χ4n) is 1.65. The third-order valence-electron chi connectivity index (χ3n) is 2.78. The largest absolute Gasteiger partial charge is 0.456 e. The smallest absolute Gasteiger partial charge is 0.271 e. The lowest BCUT2D eigenvalue weighted by Gasteiger charge is -2.07. The molecule has 0 unspecified atom stereocenters. The number of nitro benzene ring substituents is 1. The average Bonchev–Trinajstić information content (AvgIpc) is 2.57. The van der Waals surface area contributed by atoms with Gasteiger partial charge in [-0.3, -0.25) is 14.9 Å². The topological polar surface area (TPSA) is 114 Å². The minimum absolute atomic E-state index is 0.121. The summed E-state index contributed by atoms with van der Waals surface area (Å²) in [4.78, 5) is 20.9. The number of benzene rings is 2. The van der Waals surface area contributed by atoms with Crippen molar-refractivity contribution < 1.29 is 19.6 Å². The van der Waals surface area contributed by atoms with Gasteiger partial charge in [-0.1, -0.05) is 11.6 Å². The molecule has 2 rings (SSSR count). The fourth-order valence-corrected chi connectivity index (χ4v) is 1.86. The molecule has 0 aromatic heterocycles. The summed E-state index contributed by atoms with van der Waals surface area (Å²) in [5, 5.41) is 23.0. The summed E-state index contributed by atoms with van der Waals surface area (Å²) in [5.41, 5.74) is 2.70. The number of non-ortho nitro benzene ring substituents is 1. The van der Waals surface area contributed by atoms with Gasteiger partial charge in [0.25, 0.3) is 11.6 Å². The first kappa shape index (κ1) is 17.4. The molecular formula is C15H12ClN3O5. The Balaban J connectivity index is 2.04. The number of halogens is 1. The van der Waals surface area contributed by atoms with Crippen LogP contribution in [0.25, 0.3) is 0 Å². The average molecular weight is 350 g/mol. The molecule has 0 aliphatic carbocycles. The second kappa shape index (κ2) is 8.04. The number of rotatable bonds is 6. The van der Waals surface area contributed by atoms with Crippen molar-refractivity contribution in [3.63, 3.8) is 0 Å². The molecular weight excluding hydrogens is 338 g/mol. The lowest BCUT2D eigenvalue weighted by molar-refractivity contribution is -0.384. The molecule has 0 radical (unpaired) electrons. The first-order chi connectivity index (χ1) is 11.5. The van der Waals surface area contributed by atoms with Crippen molar-refractivity contribution in [1.82, 2.24) is 5.43 Å². The molecule has 0 fully saturated rings. The van der Waals surface area contributed by atoms with Crippen LogP contribution in [-0.2, 0) is 4.79 Å². The van der Waals surface area contributed by atoms with Crippen LogP contribution in [0.1, 0.15) is 5.56 Å². The predicted molar refractivity (Wildman–Crippen MR) is 87.4 cm³/mol. The van der Waals surface area contributed by atoms with Crippen molar-refractivity contribution in [2.45, 2.75) is 0 Å². The molecule has 0 atom stereocenters. The number of nitro groups is 1. The zero-order valence-electron chi connectivity index (χ0n) is 12.2. The maximum atomic E-state index is 10.8. The van der Waals surface area contributed by atoms with Crippen LogP contribution in [0, 0.1) is 10.1 Å². The zero-order chi connectivity index (χ0) is 17.5. The molecule has 8 nitrogen and oxygen atoms in total. The van der Waals surface area contributed by atoms with E-state index in [2.05, 4.69) is 10.5 Å². The van der Waals surface area contributed by atoms with Crippen molar-refractivity contribution >= 4 is 29.4 Å². The van der Waals surface area contributed by atoms with Gasteiger partial charge in [-0.15, -0.1) is 0 Å². The van der Waals surface area contributed by atoms with Crippen LogP contribution >= 0.6 is 11.6 Å². The SMILES string of the molecule is O=C(CO)NN=Cc1ccc(Oc2ccc([N+](=O)[O-])cc2Cl)cc1. The second-order valence-electron chi connectivity index (χ2n) is 4.49. The van der Waals surface area contributed by atoms with E-state index in [-0.39, 0.29) is 10.7 Å².